The summed E-state index contributed by atoms with van der Waals surface area (Å²) in [7, 11) is 0. The van der Waals surface area contributed by atoms with Crippen molar-refractivity contribution >= 4 is 44.7 Å². The van der Waals surface area contributed by atoms with E-state index in [9.17, 15) is 4.79 Å². The number of amides is 1. The fourth-order valence-corrected chi connectivity index (χ4v) is 1.80. The van der Waals surface area contributed by atoms with Crippen molar-refractivity contribution in [2.45, 2.75) is 20.8 Å². The van der Waals surface area contributed by atoms with Gasteiger partial charge in [-0.3, -0.25) is 4.79 Å². The molecule has 3 nitrogen and oxygen atoms in total. The van der Waals surface area contributed by atoms with E-state index in [0.29, 0.717) is 5.69 Å². The minimum atomic E-state index is -0.861. The van der Waals surface area contributed by atoms with Crippen LogP contribution < -0.4 is 11.1 Å². The Bertz CT molecular complexity index is 472. The van der Waals surface area contributed by atoms with E-state index in [1.807, 2.05) is 25.1 Å². The molecule has 1 amide bonds. The maximum absolute atomic E-state index is 12.0. The third kappa shape index (κ3) is 3.26. The molecule has 1 aromatic carbocycles. The number of nitrogens with two attached hydrogens (primary N) is 1. The Morgan fingerprint density at radius 3 is 2.53 bits per heavy atom. The summed E-state index contributed by atoms with van der Waals surface area (Å²) in [5.74, 6) is -0.213. The van der Waals surface area contributed by atoms with Crippen LogP contribution in [0.2, 0.25) is 0 Å². The maximum Gasteiger partial charge on any atom is 0.236 e. The number of halogens is 1. The molecular formula is C12H15BrN2OS. The lowest BCUT2D eigenvalue weighted by Crippen LogP contribution is -2.41. The van der Waals surface area contributed by atoms with Gasteiger partial charge in [-0.15, -0.1) is 0 Å². The summed E-state index contributed by atoms with van der Waals surface area (Å²) < 4.78 is 0.838. The normalized spacial score (nSPS) is 11.1. The molecule has 0 heterocycles. The second kappa shape index (κ2) is 5.14. The summed E-state index contributed by atoms with van der Waals surface area (Å²) in [6, 6.07) is 5.70. The van der Waals surface area contributed by atoms with Crippen LogP contribution in [0.5, 0.6) is 0 Å². The first kappa shape index (κ1) is 14.1. The second-order valence-electron chi connectivity index (χ2n) is 4.43. The topological polar surface area (TPSA) is 55.1 Å². The van der Waals surface area contributed by atoms with E-state index < -0.39 is 5.41 Å². The zero-order valence-corrected chi connectivity index (χ0v) is 12.4. The minimum absolute atomic E-state index is 0.179. The molecule has 0 saturated carbocycles. The lowest BCUT2D eigenvalue weighted by Gasteiger charge is -2.22. The molecule has 17 heavy (non-hydrogen) atoms. The van der Waals surface area contributed by atoms with Gasteiger partial charge in [0, 0.05) is 4.47 Å². The highest BCUT2D eigenvalue weighted by Crippen LogP contribution is 2.26. The molecule has 0 aliphatic rings. The van der Waals surface area contributed by atoms with Crippen molar-refractivity contribution < 1.29 is 4.79 Å². The Morgan fingerprint density at radius 2 is 2.06 bits per heavy atom. The first-order chi connectivity index (χ1) is 7.75. The summed E-state index contributed by atoms with van der Waals surface area (Å²) in [5.41, 5.74) is 6.51. The van der Waals surface area contributed by atoms with Gasteiger partial charge in [-0.2, -0.15) is 0 Å². The minimum Gasteiger partial charge on any atom is -0.392 e. The van der Waals surface area contributed by atoms with Gasteiger partial charge < -0.3 is 11.1 Å². The lowest BCUT2D eigenvalue weighted by molar-refractivity contribution is -0.121. The molecular weight excluding hydrogens is 300 g/mol. The predicted molar refractivity (Wildman–Crippen MR) is 78.1 cm³/mol. The average Bonchev–Trinajstić information content (AvgIpc) is 2.21. The average molecular weight is 315 g/mol. The number of carbonyl (C=O) groups is 1. The number of benzene rings is 1. The largest absolute Gasteiger partial charge is 0.392 e. The standard InChI is InChI=1S/C12H15BrN2OS/c1-7-4-5-9(8(13)6-7)15-11(16)12(2,3)10(14)17/h4-6H,1-3H3,(H2,14,17)(H,15,16). The van der Waals surface area contributed by atoms with Gasteiger partial charge in [-0.05, 0) is 54.4 Å². The van der Waals surface area contributed by atoms with E-state index in [2.05, 4.69) is 21.2 Å². The van der Waals surface area contributed by atoms with E-state index in [-0.39, 0.29) is 10.9 Å². The van der Waals surface area contributed by atoms with Crippen LogP contribution in [0.3, 0.4) is 0 Å². The molecule has 0 unspecified atom stereocenters. The second-order valence-corrected chi connectivity index (χ2v) is 5.72. The fraction of sp³-hybridized carbons (Fsp3) is 0.333. The lowest BCUT2D eigenvalue weighted by atomic mass is 9.92. The van der Waals surface area contributed by atoms with Gasteiger partial charge >= 0.3 is 0 Å². The number of hydrogen-bond acceptors (Lipinski definition) is 2. The molecule has 0 aliphatic carbocycles. The van der Waals surface area contributed by atoms with Crippen molar-refractivity contribution in [2.24, 2.45) is 11.1 Å². The van der Waals surface area contributed by atoms with Crippen molar-refractivity contribution in [3.63, 3.8) is 0 Å². The Balaban J connectivity index is 2.92. The van der Waals surface area contributed by atoms with Gasteiger partial charge in [-0.1, -0.05) is 18.3 Å². The van der Waals surface area contributed by atoms with Crippen LogP contribution in [0, 0.1) is 12.3 Å². The quantitative estimate of drug-likeness (QED) is 0.843. The third-order valence-electron chi connectivity index (χ3n) is 2.56. The zero-order chi connectivity index (χ0) is 13.2. The molecule has 0 spiro atoms. The number of aryl methyl sites for hydroxylation is 1. The van der Waals surface area contributed by atoms with E-state index in [0.717, 1.165) is 10.0 Å². The molecule has 1 aromatic rings. The van der Waals surface area contributed by atoms with Gasteiger partial charge in [0.2, 0.25) is 5.91 Å². The smallest absolute Gasteiger partial charge is 0.236 e. The summed E-state index contributed by atoms with van der Waals surface area (Å²) in [4.78, 5) is 12.2. The predicted octanol–water partition coefficient (Wildman–Crippen LogP) is 3.01. The Kier molecular flexibility index (Phi) is 4.27. The van der Waals surface area contributed by atoms with Crippen LogP contribution in [0.15, 0.2) is 22.7 Å². The fourth-order valence-electron chi connectivity index (χ4n) is 1.11. The summed E-state index contributed by atoms with van der Waals surface area (Å²) >= 11 is 8.28. The van der Waals surface area contributed by atoms with Crippen LogP contribution in [0.25, 0.3) is 0 Å². The number of hydrogen-bond donors (Lipinski definition) is 2. The SMILES string of the molecule is Cc1ccc(NC(=O)C(C)(C)C(N)=S)c(Br)c1. The van der Waals surface area contributed by atoms with Crippen LogP contribution >= 0.6 is 28.1 Å². The first-order valence-corrected chi connectivity index (χ1v) is 6.33. The van der Waals surface area contributed by atoms with Crippen LogP contribution in [0.1, 0.15) is 19.4 Å². The highest BCUT2D eigenvalue weighted by molar-refractivity contribution is 9.10. The molecule has 92 valence electrons. The molecule has 0 saturated heterocycles. The Morgan fingerprint density at radius 1 is 1.47 bits per heavy atom. The third-order valence-corrected chi connectivity index (χ3v) is 3.72. The molecule has 0 atom stereocenters. The van der Waals surface area contributed by atoms with Crippen LogP contribution in [-0.2, 0) is 4.79 Å². The number of nitrogens with one attached hydrogen (secondary N) is 1. The number of anilines is 1. The molecule has 3 N–H and O–H groups in total. The first-order valence-electron chi connectivity index (χ1n) is 5.12. The van der Waals surface area contributed by atoms with E-state index in [1.54, 1.807) is 13.8 Å². The zero-order valence-electron chi connectivity index (χ0n) is 10.0. The molecule has 1 rings (SSSR count). The van der Waals surface area contributed by atoms with E-state index in [1.165, 1.54) is 0 Å². The Hall–Kier alpha value is -0.940. The van der Waals surface area contributed by atoms with Crippen molar-refractivity contribution in [2.75, 3.05) is 5.32 Å². The van der Waals surface area contributed by atoms with Gasteiger partial charge in [0.1, 0.15) is 0 Å². The molecule has 0 aliphatic heterocycles. The van der Waals surface area contributed by atoms with E-state index in [4.69, 9.17) is 18.0 Å². The van der Waals surface area contributed by atoms with Gasteiger partial charge in [0.15, 0.2) is 0 Å². The summed E-state index contributed by atoms with van der Waals surface area (Å²) in [6.07, 6.45) is 0. The number of rotatable bonds is 3. The molecule has 0 bridgehead atoms. The van der Waals surface area contributed by atoms with Gasteiger partial charge in [-0.25, -0.2) is 0 Å². The monoisotopic (exact) mass is 314 g/mol. The highest BCUT2D eigenvalue weighted by atomic mass is 79.9. The van der Waals surface area contributed by atoms with Gasteiger partial charge in [0.25, 0.3) is 0 Å². The van der Waals surface area contributed by atoms with E-state index >= 15 is 0 Å². The summed E-state index contributed by atoms with van der Waals surface area (Å²) in [5, 5.41) is 2.81. The van der Waals surface area contributed by atoms with Crippen LogP contribution in [-0.4, -0.2) is 10.9 Å². The molecule has 5 heteroatoms. The van der Waals surface area contributed by atoms with Crippen molar-refractivity contribution in [1.82, 2.24) is 0 Å². The molecule has 0 fully saturated rings. The summed E-state index contributed by atoms with van der Waals surface area (Å²) in [6.45, 7) is 5.38. The number of thiocarbonyl (C=S) groups is 1. The van der Waals surface area contributed by atoms with Gasteiger partial charge in [0.05, 0.1) is 16.1 Å². The van der Waals surface area contributed by atoms with Crippen LogP contribution in [0.4, 0.5) is 5.69 Å². The molecule has 0 radical (unpaired) electrons. The highest BCUT2D eigenvalue weighted by Gasteiger charge is 2.31. The van der Waals surface area contributed by atoms with Crippen molar-refractivity contribution in [3.8, 4) is 0 Å². The van der Waals surface area contributed by atoms with Crippen molar-refractivity contribution in [1.29, 1.82) is 0 Å². The number of carbonyl (C=O) groups excluding carboxylic acids is 1. The maximum atomic E-state index is 12.0. The van der Waals surface area contributed by atoms with Crippen molar-refractivity contribution in [3.05, 3.63) is 28.2 Å². The Labute approximate surface area is 115 Å². The molecule has 0 aromatic heterocycles.